The summed E-state index contributed by atoms with van der Waals surface area (Å²) in [7, 11) is 1.81. The lowest BCUT2D eigenvalue weighted by Crippen LogP contribution is -2.12. The Morgan fingerprint density at radius 2 is 2.21 bits per heavy atom. The van der Waals surface area contributed by atoms with Crippen molar-refractivity contribution in [2.24, 2.45) is 7.05 Å². The van der Waals surface area contributed by atoms with E-state index in [0.717, 1.165) is 21.6 Å². The van der Waals surface area contributed by atoms with E-state index in [1.54, 1.807) is 27.6 Å². The van der Waals surface area contributed by atoms with E-state index in [2.05, 4.69) is 15.4 Å². The number of rotatable bonds is 2. The van der Waals surface area contributed by atoms with Crippen LogP contribution in [0.3, 0.4) is 0 Å². The highest BCUT2D eigenvalue weighted by molar-refractivity contribution is 7.16. The Labute approximate surface area is 113 Å². The fraction of sp³-hybridized carbons (Fsp3) is 0.154. The second-order valence-electron chi connectivity index (χ2n) is 4.28. The monoisotopic (exact) mass is 272 g/mol. The smallest absolute Gasteiger partial charge is 0.276 e. The lowest BCUT2D eigenvalue weighted by Gasteiger charge is -2.02. The van der Waals surface area contributed by atoms with Gasteiger partial charge in [-0.05, 0) is 31.2 Å². The second-order valence-corrected chi connectivity index (χ2v) is 5.17. The van der Waals surface area contributed by atoms with Crippen LogP contribution in [0, 0.1) is 6.92 Å². The Hall–Kier alpha value is -2.21. The SMILES string of the molecule is Cc1cc(C(=O)Nc2ccc3scnc3c2)nn1C. The van der Waals surface area contributed by atoms with Gasteiger partial charge >= 0.3 is 0 Å². The molecule has 0 fully saturated rings. The van der Waals surface area contributed by atoms with Crippen molar-refractivity contribution in [2.75, 3.05) is 5.32 Å². The highest BCUT2D eigenvalue weighted by atomic mass is 32.1. The normalized spacial score (nSPS) is 10.8. The molecule has 6 heteroatoms. The summed E-state index contributed by atoms with van der Waals surface area (Å²) in [5, 5.41) is 6.98. The number of anilines is 1. The molecule has 0 unspecified atom stereocenters. The van der Waals surface area contributed by atoms with Crippen molar-refractivity contribution >= 4 is 33.1 Å². The van der Waals surface area contributed by atoms with Crippen molar-refractivity contribution in [1.82, 2.24) is 14.8 Å². The standard InChI is InChI=1S/C13H12N4OS/c1-8-5-11(16-17(8)2)13(18)15-9-3-4-12-10(6-9)14-7-19-12/h3-7H,1-2H3,(H,15,18). The number of aryl methyl sites for hydroxylation is 2. The first-order valence-electron chi connectivity index (χ1n) is 5.79. The number of carbonyl (C=O) groups is 1. The number of thiazole rings is 1. The summed E-state index contributed by atoms with van der Waals surface area (Å²) in [6, 6.07) is 7.44. The lowest BCUT2D eigenvalue weighted by molar-refractivity contribution is 0.102. The van der Waals surface area contributed by atoms with Gasteiger partial charge in [-0.15, -0.1) is 11.3 Å². The number of amides is 1. The van der Waals surface area contributed by atoms with E-state index in [1.165, 1.54) is 0 Å². The van der Waals surface area contributed by atoms with E-state index >= 15 is 0 Å². The summed E-state index contributed by atoms with van der Waals surface area (Å²) >= 11 is 1.58. The number of benzene rings is 1. The first kappa shape index (κ1) is 11.9. The third kappa shape index (κ3) is 2.22. The fourth-order valence-electron chi connectivity index (χ4n) is 1.80. The number of hydrogen-bond donors (Lipinski definition) is 1. The summed E-state index contributed by atoms with van der Waals surface area (Å²) in [6.45, 7) is 1.91. The molecule has 3 aromatic rings. The zero-order valence-corrected chi connectivity index (χ0v) is 11.4. The zero-order valence-electron chi connectivity index (χ0n) is 10.5. The third-order valence-electron chi connectivity index (χ3n) is 2.93. The molecule has 2 heterocycles. The Morgan fingerprint density at radius 3 is 2.95 bits per heavy atom. The fourth-order valence-corrected chi connectivity index (χ4v) is 2.46. The highest BCUT2D eigenvalue weighted by Crippen LogP contribution is 2.21. The molecule has 0 saturated heterocycles. The van der Waals surface area contributed by atoms with Crippen molar-refractivity contribution in [2.45, 2.75) is 6.92 Å². The molecule has 1 aromatic carbocycles. The lowest BCUT2D eigenvalue weighted by atomic mass is 10.3. The van der Waals surface area contributed by atoms with Gasteiger partial charge in [0.25, 0.3) is 5.91 Å². The van der Waals surface area contributed by atoms with Crippen LogP contribution in [0.2, 0.25) is 0 Å². The molecule has 0 atom stereocenters. The first-order valence-corrected chi connectivity index (χ1v) is 6.67. The molecule has 0 saturated carbocycles. The van der Waals surface area contributed by atoms with Crippen LogP contribution in [-0.4, -0.2) is 20.7 Å². The molecule has 1 amide bonds. The summed E-state index contributed by atoms with van der Waals surface area (Å²) in [5.74, 6) is -0.210. The van der Waals surface area contributed by atoms with Gasteiger partial charge in [0.2, 0.25) is 0 Å². The van der Waals surface area contributed by atoms with E-state index in [0.29, 0.717) is 5.69 Å². The van der Waals surface area contributed by atoms with Crippen molar-refractivity contribution in [1.29, 1.82) is 0 Å². The topological polar surface area (TPSA) is 59.8 Å². The molecular weight excluding hydrogens is 260 g/mol. The highest BCUT2D eigenvalue weighted by Gasteiger charge is 2.11. The quantitative estimate of drug-likeness (QED) is 0.780. The van der Waals surface area contributed by atoms with Gasteiger partial charge in [0, 0.05) is 18.4 Å². The number of fused-ring (bicyclic) bond motifs is 1. The summed E-state index contributed by atoms with van der Waals surface area (Å²) < 4.78 is 2.78. The van der Waals surface area contributed by atoms with Gasteiger partial charge in [-0.2, -0.15) is 5.10 Å². The van der Waals surface area contributed by atoms with Crippen molar-refractivity contribution in [3.63, 3.8) is 0 Å². The van der Waals surface area contributed by atoms with Crippen LogP contribution in [0.1, 0.15) is 16.2 Å². The number of carbonyl (C=O) groups excluding carboxylic acids is 1. The molecule has 0 aliphatic carbocycles. The van der Waals surface area contributed by atoms with Crippen LogP contribution in [0.25, 0.3) is 10.2 Å². The molecule has 19 heavy (non-hydrogen) atoms. The van der Waals surface area contributed by atoms with E-state index in [4.69, 9.17) is 0 Å². The van der Waals surface area contributed by atoms with Gasteiger partial charge in [-0.1, -0.05) is 0 Å². The molecular formula is C13H12N4OS. The predicted molar refractivity (Wildman–Crippen MR) is 75.5 cm³/mol. The predicted octanol–water partition coefficient (Wildman–Crippen LogP) is 2.59. The van der Waals surface area contributed by atoms with Crippen LogP contribution in [0.15, 0.2) is 29.8 Å². The largest absolute Gasteiger partial charge is 0.321 e. The van der Waals surface area contributed by atoms with E-state index < -0.39 is 0 Å². The number of nitrogens with zero attached hydrogens (tertiary/aromatic N) is 3. The number of hydrogen-bond acceptors (Lipinski definition) is 4. The molecule has 1 N–H and O–H groups in total. The Bertz CT molecular complexity index is 739. The molecule has 0 aliphatic rings. The average molecular weight is 272 g/mol. The molecule has 0 spiro atoms. The van der Waals surface area contributed by atoms with Gasteiger partial charge in [-0.3, -0.25) is 9.48 Å². The van der Waals surface area contributed by atoms with Gasteiger partial charge in [0.1, 0.15) is 0 Å². The maximum absolute atomic E-state index is 12.0. The molecule has 2 aromatic heterocycles. The maximum Gasteiger partial charge on any atom is 0.276 e. The van der Waals surface area contributed by atoms with Gasteiger partial charge in [0.15, 0.2) is 5.69 Å². The Balaban J connectivity index is 1.85. The third-order valence-corrected chi connectivity index (χ3v) is 3.74. The molecule has 3 rings (SSSR count). The second kappa shape index (κ2) is 4.47. The molecule has 5 nitrogen and oxygen atoms in total. The Morgan fingerprint density at radius 1 is 1.37 bits per heavy atom. The van der Waals surface area contributed by atoms with Gasteiger partial charge < -0.3 is 5.32 Å². The van der Waals surface area contributed by atoms with Crippen LogP contribution in [0.5, 0.6) is 0 Å². The summed E-state index contributed by atoms with van der Waals surface area (Å²) in [5.41, 5.74) is 4.77. The molecule has 0 aliphatic heterocycles. The van der Waals surface area contributed by atoms with E-state index in [1.807, 2.05) is 32.2 Å². The minimum absolute atomic E-state index is 0.210. The minimum Gasteiger partial charge on any atom is -0.321 e. The van der Waals surface area contributed by atoms with Gasteiger partial charge in [0.05, 0.1) is 15.7 Å². The van der Waals surface area contributed by atoms with Crippen LogP contribution in [0.4, 0.5) is 5.69 Å². The number of aromatic nitrogens is 3. The summed E-state index contributed by atoms with van der Waals surface area (Å²) in [4.78, 5) is 16.3. The van der Waals surface area contributed by atoms with Crippen LogP contribution >= 0.6 is 11.3 Å². The summed E-state index contributed by atoms with van der Waals surface area (Å²) in [6.07, 6.45) is 0. The first-order chi connectivity index (χ1) is 9.13. The molecule has 0 bridgehead atoms. The Kier molecular flexibility index (Phi) is 2.79. The minimum atomic E-state index is -0.210. The maximum atomic E-state index is 12.0. The van der Waals surface area contributed by atoms with Crippen LogP contribution in [-0.2, 0) is 7.05 Å². The molecule has 96 valence electrons. The van der Waals surface area contributed by atoms with E-state index in [9.17, 15) is 4.79 Å². The molecule has 0 radical (unpaired) electrons. The van der Waals surface area contributed by atoms with Crippen molar-refractivity contribution in [3.05, 3.63) is 41.2 Å². The van der Waals surface area contributed by atoms with Crippen molar-refractivity contribution in [3.8, 4) is 0 Å². The van der Waals surface area contributed by atoms with Crippen LogP contribution < -0.4 is 5.32 Å². The van der Waals surface area contributed by atoms with Gasteiger partial charge in [-0.25, -0.2) is 4.98 Å². The number of nitrogens with one attached hydrogen (secondary N) is 1. The van der Waals surface area contributed by atoms with E-state index in [-0.39, 0.29) is 5.91 Å². The van der Waals surface area contributed by atoms with Crippen molar-refractivity contribution < 1.29 is 4.79 Å². The zero-order chi connectivity index (χ0) is 13.4. The average Bonchev–Trinajstić information content (AvgIpc) is 2.96.